The summed E-state index contributed by atoms with van der Waals surface area (Å²) in [5.74, 6) is 5.68. The minimum absolute atomic E-state index is 0.0113. The van der Waals surface area contributed by atoms with Crippen molar-refractivity contribution in [3.05, 3.63) is 69.2 Å². The van der Waals surface area contributed by atoms with E-state index in [1.54, 1.807) is 6.07 Å². The monoisotopic (exact) mass is 294 g/mol. The zero-order valence-corrected chi connectivity index (χ0v) is 12.2. The van der Waals surface area contributed by atoms with Gasteiger partial charge in [0.25, 0.3) is 0 Å². The van der Waals surface area contributed by atoms with Crippen LogP contribution in [0.2, 0.25) is 10.0 Å². The Morgan fingerprint density at radius 3 is 2.53 bits per heavy atom. The molecule has 2 nitrogen and oxygen atoms in total. The molecule has 0 fully saturated rings. The molecular formula is C15H16Cl2N2. The van der Waals surface area contributed by atoms with Gasteiger partial charge >= 0.3 is 0 Å². The van der Waals surface area contributed by atoms with Gasteiger partial charge in [-0.05, 0) is 36.1 Å². The van der Waals surface area contributed by atoms with E-state index in [1.807, 2.05) is 24.3 Å². The fourth-order valence-corrected chi connectivity index (χ4v) is 2.56. The van der Waals surface area contributed by atoms with E-state index >= 15 is 0 Å². The summed E-state index contributed by atoms with van der Waals surface area (Å²) in [5, 5.41) is 1.16. The first kappa shape index (κ1) is 14.4. The Kier molecular flexibility index (Phi) is 4.83. The molecule has 0 radical (unpaired) electrons. The molecule has 0 saturated carbocycles. The molecule has 100 valence electrons. The van der Waals surface area contributed by atoms with Gasteiger partial charge < -0.3 is 0 Å². The molecule has 2 aromatic carbocycles. The molecule has 1 atom stereocenters. The molecule has 0 saturated heterocycles. The zero-order valence-electron chi connectivity index (χ0n) is 10.7. The van der Waals surface area contributed by atoms with Crippen molar-refractivity contribution in [1.29, 1.82) is 0 Å². The van der Waals surface area contributed by atoms with E-state index in [1.165, 1.54) is 11.1 Å². The number of hydrazine groups is 1. The molecule has 2 aromatic rings. The highest BCUT2D eigenvalue weighted by atomic mass is 35.5. The van der Waals surface area contributed by atoms with Gasteiger partial charge in [-0.2, -0.15) is 0 Å². The van der Waals surface area contributed by atoms with Gasteiger partial charge in [-0.1, -0.05) is 59.6 Å². The van der Waals surface area contributed by atoms with Crippen molar-refractivity contribution in [1.82, 2.24) is 5.43 Å². The molecule has 0 heterocycles. The topological polar surface area (TPSA) is 38.0 Å². The van der Waals surface area contributed by atoms with E-state index in [2.05, 4.69) is 24.5 Å². The van der Waals surface area contributed by atoms with Crippen molar-refractivity contribution in [3.63, 3.8) is 0 Å². The van der Waals surface area contributed by atoms with Gasteiger partial charge in [-0.3, -0.25) is 11.3 Å². The molecule has 19 heavy (non-hydrogen) atoms. The quantitative estimate of drug-likeness (QED) is 0.659. The molecule has 4 heteroatoms. The number of nitrogens with two attached hydrogens (primary N) is 1. The second-order valence-corrected chi connectivity index (χ2v) is 5.28. The summed E-state index contributed by atoms with van der Waals surface area (Å²) in [6.45, 7) is 2.07. The first-order chi connectivity index (χ1) is 9.13. The Labute approximate surface area is 123 Å². The van der Waals surface area contributed by atoms with E-state index < -0.39 is 0 Å². The van der Waals surface area contributed by atoms with Crippen molar-refractivity contribution in [2.24, 2.45) is 5.84 Å². The van der Waals surface area contributed by atoms with E-state index in [-0.39, 0.29) is 6.04 Å². The Morgan fingerprint density at radius 1 is 1.11 bits per heavy atom. The summed E-state index contributed by atoms with van der Waals surface area (Å²) in [7, 11) is 0. The maximum absolute atomic E-state index is 6.22. The van der Waals surface area contributed by atoms with Gasteiger partial charge in [-0.15, -0.1) is 0 Å². The number of hydrogen-bond donors (Lipinski definition) is 2. The van der Waals surface area contributed by atoms with Gasteiger partial charge in [0.15, 0.2) is 0 Å². The first-order valence-electron chi connectivity index (χ1n) is 6.08. The summed E-state index contributed by atoms with van der Waals surface area (Å²) in [5.41, 5.74) is 6.20. The molecule has 0 spiro atoms. The summed E-state index contributed by atoms with van der Waals surface area (Å²) in [6.07, 6.45) is 0.695. The average Bonchev–Trinajstić information content (AvgIpc) is 2.41. The van der Waals surface area contributed by atoms with Crippen LogP contribution in [0.3, 0.4) is 0 Å². The van der Waals surface area contributed by atoms with Crippen LogP contribution < -0.4 is 11.3 Å². The number of nitrogens with one attached hydrogen (secondary N) is 1. The molecule has 0 aliphatic rings. The van der Waals surface area contributed by atoms with Gasteiger partial charge in [0.1, 0.15) is 0 Å². The molecule has 1 unspecified atom stereocenters. The van der Waals surface area contributed by atoms with Crippen LogP contribution in [0.4, 0.5) is 0 Å². The summed E-state index contributed by atoms with van der Waals surface area (Å²) in [4.78, 5) is 0. The lowest BCUT2D eigenvalue weighted by Crippen LogP contribution is -2.30. The van der Waals surface area contributed by atoms with E-state index in [9.17, 15) is 0 Å². The van der Waals surface area contributed by atoms with E-state index in [4.69, 9.17) is 29.0 Å². The van der Waals surface area contributed by atoms with Crippen LogP contribution in [0.25, 0.3) is 0 Å². The molecule has 3 N–H and O–H groups in total. The van der Waals surface area contributed by atoms with Gasteiger partial charge in [0, 0.05) is 0 Å². The minimum atomic E-state index is 0.0113. The third-order valence-corrected chi connectivity index (χ3v) is 4.08. The maximum Gasteiger partial charge on any atom is 0.0624 e. The largest absolute Gasteiger partial charge is 0.271 e. The number of hydrogen-bond acceptors (Lipinski definition) is 2. The average molecular weight is 295 g/mol. The van der Waals surface area contributed by atoms with Crippen LogP contribution in [0.5, 0.6) is 0 Å². The standard InChI is InChI=1S/C15H16Cl2N2/c1-10-5-2-3-7-12(10)14(19-18)9-11-6-4-8-13(16)15(11)17/h2-8,14,19H,9,18H2,1H3. The van der Waals surface area contributed by atoms with Crippen molar-refractivity contribution in [3.8, 4) is 0 Å². The highest BCUT2D eigenvalue weighted by Crippen LogP contribution is 2.29. The van der Waals surface area contributed by atoms with Crippen molar-refractivity contribution in [2.75, 3.05) is 0 Å². The minimum Gasteiger partial charge on any atom is -0.271 e. The molecular weight excluding hydrogens is 279 g/mol. The van der Waals surface area contributed by atoms with Crippen LogP contribution in [-0.4, -0.2) is 0 Å². The van der Waals surface area contributed by atoms with E-state index in [0.717, 1.165) is 5.56 Å². The van der Waals surface area contributed by atoms with Gasteiger partial charge in [0.2, 0.25) is 0 Å². The third kappa shape index (κ3) is 3.28. The van der Waals surface area contributed by atoms with Crippen molar-refractivity contribution in [2.45, 2.75) is 19.4 Å². The lowest BCUT2D eigenvalue weighted by atomic mass is 9.96. The number of halogens is 2. The van der Waals surface area contributed by atoms with E-state index in [0.29, 0.717) is 16.5 Å². The Bertz CT molecular complexity index is 570. The van der Waals surface area contributed by atoms with Crippen molar-refractivity contribution >= 4 is 23.2 Å². The second kappa shape index (κ2) is 6.40. The van der Waals surface area contributed by atoms with Crippen LogP contribution >= 0.6 is 23.2 Å². The van der Waals surface area contributed by atoms with Crippen molar-refractivity contribution < 1.29 is 0 Å². The molecule has 0 aliphatic carbocycles. The fraction of sp³-hybridized carbons (Fsp3) is 0.200. The van der Waals surface area contributed by atoms with Crippen LogP contribution in [-0.2, 0) is 6.42 Å². The zero-order chi connectivity index (χ0) is 13.8. The predicted octanol–water partition coefficient (Wildman–Crippen LogP) is 4.05. The Hall–Kier alpha value is -1.06. The smallest absolute Gasteiger partial charge is 0.0624 e. The number of benzene rings is 2. The summed E-state index contributed by atoms with van der Waals surface area (Å²) < 4.78 is 0. The highest BCUT2D eigenvalue weighted by Gasteiger charge is 2.15. The highest BCUT2D eigenvalue weighted by molar-refractivity contribution is 6.42. The lowest BCUT2D eigenvalue weighted by molar-refractivity contribution is 0.549. The molecule has 0 bridgehead atoms. The molecule has 0 aliphatic heterocycles. The maximum atomic E-state index is 6.22. The predicted molar refractivity (Wildman–Crippen MR) is 81.4 cm³/mol. The normalized spacial score (nSPS) is 12.4. The molecule has 2 rings (SSSR count). The molecule has 0 aromatic heterocycles. The van der Waals surface area contributed by atoms with Crippen LogP contribution in [0.15, 0.2) is 42.5 Å². The first-order valence-corrected chi connectivity index (χ1v) is 6.83. The lowest BCUT2D eigenvalue weighted by Gasteiger charge is -2.19. The van der Waals surface area contributed by atoms with Crippen LogP contribution in [0.1, 0.15) is 22.7 Å². The third-order valence-electron chi connectivity index (χ3n) is 3.22. The summed E-state index contributed by atoms with van der Waals surface area (Å²) >= 11 is 12.3. The summed E-state index contributed by atoms with van der Waals surface area (Å²) in [6, 6.07) is 13.8. The van der Waals surface area contributed by atoms with Gasteiger partial charge in [0.05, 0.1) is 16.1 Å². The fourth-order valence-electron chi connectivity index (χ4n) is 2.16. The van der Waals surface area contributed by atoms with Crippen LogP contribution in [0, 0.1) is 6.92 Å². The second-order valence-electron chi connectivity index (χ2n) is 4.49. The number of aryl methyl sites for hydroxylation is 1. The Balaban J connectivity index is 2.30. The SMILES string of the molecule is Cc1ccccc1C(Cc1cccc(Cl)c1Cl)NN. The van der Waals surface area contributed by atoms with Gasteiger partial charge in [-0.25, -0.2) is 0 Å². The Morgan fingerprint density at radius 2 is 1.84 bits per heavy atom. The molecule has 0 amide bonds. The number of rotatable bonds is 4.